The van der Waals surface area contributed by atoms with E-state index in [4.69, 9.17) is 0 Å². The first-order chi connectivity index (χ1) is 11.5. The Morgan fingerprint density at radius 3 is 2.08 bits per heavy atom. The van der Waals surface area contributed by atoms with Crippen molar-refractivity contribution in [1.82, 2.24) is 0 Å². The first-order valence-electron chi connectivity index (χ1n) is 8.12. The van der Waals surface area contributed by atoms with Gasteiger partial charge in [-0.2, -0.15) is 0 Å². The predicted molar refractivity (Wildman–Crippen MR) is 100 cm³/mol. The van der Waals surface area contributed by atoms with Gasteiger partial charge in [-0.05, 0) is 61.1 Å². The number of carbonyl (C=O) groups excluding carboxylic acids is 1. The van der Waals surface area contributed by atoms with Crippen molar-refractivity contribution in [2.45, 2.75) is 20.8 Å². The summed E-state index contributed by atoms with van der Waals surface area (Å²) < 4.78 is 0. The Balaban J connectivity index is 2.31. The lowest BCUT2D eigenvalue weighted by atomic mass is 9.85. The normalized spacial score (nSPS) is 10.7. The summed E-state index contributed by atoms with van der Waals surface area (Å²) >= 11 is 0. The minimum absolute atomic E-state index is 0.0521. The number of hydrogen-bond donors (Lipinski definition) is 0. The third-order valence-electron chi connectivity index (χ3n) is 4.63. The van der Waals surface area contributed by atoms with Crippen molar-refractivity contribution >= 4 is 5.78 Å². The van der Waals surface area contributed by atoms with Gasteiger partial charge in [-0.15, -0.1) is 0 Å². The van der Waals surface area contributed by atoms with E-state index in [2.05, 4.69) is 32.0 Å². The molecule has 119 valence electrons. The number of rotatable bonds is 3. The summed E-state index contributed by atoms with van der Waals surface area (Å²) in [4.78, 5) is 13.2. The quantitative estimate of drug-likeness (QED) is 0.567. The van der Waals surface area contributed by atoms with Gasteiger partial charge in [-0.1, -0.05) is 60.7 Å². The third kappa shape index (κ3) is 2.78. The highest BCUT2D eigenvalue weighted by atomic mass is 16.1. The molecule has 0 saturated carbocycles. The summed E-state index contributed by atoms with van der Waals surface area (Å²) in [5, 5.41) is 0. The molecule has 0 amide bonds. The van der Waals surface area contributed by atoms with Crippen LogP contribution in [-0.2, 0) is 0 Å². The highest BCUT2D eigenvalue weighted by Crippen LogP contribution is 2.33. The Kier molecular flexibility index (Phi) is 4.35. The van der Waals surface area contributed by atoms with E-state index in [-0.39, 0.29) is 5.78 Å². The minimum Gasteiger partial charge on any atom is -0.289 e. The summed E-state index contributed by atoms with van der Waals surface area (Å²) in [6.45, 7) is 10.3. The summed E-state index contributed by atoms with van der Waals surface area (Å²) in [6.07, 6.45) is 0. The van der Waals surface area contributed by atoms with E-state index in [1.807, 2.05) is 56.3 Å². The third-order valence-corrected chi connectivity index (χ3v) is 4.63. The van der Waals surface area contributed by atoms with Crippen molar-refractivity contribution in [1.29, 1.82) is 0 Å². The average Bonchev–Trinajstić information content (AvgIpc) is 2.60. The van der Waals surface area contributed by atoms with Crippen LogP contribution in [0, 0.1) is 27.7 Å². The molecule has 0 heterocycles. The summed E-state index contributed by atoms with van der Waals surface area (Å²) in [5.74, 6) is 0.0521. The maximum atomic E-state index is 13.2. The van der Waals surface area contributed by atoms with Gasteiger partial charge >= 0.3 is 0 Å². The minimum atomic E-state index is 0.0521. The molecule has 0 spiro atoms. The molecule has 3 aromatic rings. The zero-order chi connectivity index (χ0) is 17.3. The number of ketones is 1. The Labute approximate surface area is 144 Å². The van der Waals surface area contributed by atoms with E-state index in [9.17, 15) is 4.79 Å². The maximum absolute atomic E-state index is 13.2. The van der Waals surface area contributed by atoms with Crippen molar-refractivity contribution in [2.24, 2.45) is 0 Å². The van der Waals surface area contributed by atoms with Gasteiger partial charge in [0, 0.05) is 11.1 Å². The van der Waals surface area contributed by atoms with Gasteiger partial charge < -0.3 is 0 Å². The maximum Gasteiger partial charge on any atom is 0.193 e. The molecule has 0 N–H and O–H groups in total. The van der Waals surface area contributed by atoms with Gasteiger partial charge in [0.05, 0.1) is 0 Å². The van der Waals surface area contributed by atoms with Gasteiger partial charge in [0.25, 0.3) is 0 Å². The highest BCUT2D eigenvalue weighted by Gasteiger charge is 2.20. The zero-order valence-corrected chi connectivity index (χ0v) is 14.4. The van der Waals surface area contributed by atoms with Crippen molar-refractivity contribution in [3.63, 3.8) is 0 Å². The van der Waals surface area contributed by atoms with Crippen LogP contribution >= 0.6 is 0 Å². The molecule has 1 nitrogen and oxygen atoms in total. The Morgan fingerprint density at radius 1 is 0.792 bits per heavy atom. The van der Waals surface area contributed by atoms with Crippen molar-refractivity contribution in [3.8, 4) is 11.1 Å². The lowest BCUT2D eigenvalue weighted by Crippen LogP contribution is -2.09. The standard InChI is InChI=1S/C23H21O/c1-15-10-8-9-13-20(15)21-14-16(2)17(3)18(4)22(21)23(24)19-11-6-5-7-12-19/h5-14H,3H2,1-2,4H3. The van der Waals surface area contributed by atoms with Crippen LogP contribution in [0.15, 0.2) is 60.7 Å². The lowest BCUT2D eigenvalue weighted by molar-refractivity contribution is 0.103. The van der Waals surface area contributed by atoms with Gasteiger partial charge in [0.15, 0.2) is 5.78 Å². The topological polar surface area (TPSA) is 17.1 Å². The second-order valence-electron chi connectivity index (χ2n) is 6.23. The molecule has 0 aromatic heterocycles. The Hall–Kier alpha value is -2.67. The van der Waals surface area contributed by atoms with E-state index >= 15 is 0 Å². The van der Waals surface area contributed by atoms with Crippen LogP contribution < -0.4 is 0 Å². The fourth-order valence-corrected chi connectivity index (χ4v) is 3.14. The fraction of sp³-hybridized carbons (Fsp3) is 0.130. The molecule has 0 aliphatic heterocycles. The number of aryl methyl sites for hydroxylation is 2. The van der Waals surface area contributed by atoms with Crippen molar-refractivity contribution < 1.29 is 4.79 Å². The summed E-state index contributed by atoms with van der Waals surface area (Å²) in [5.41, 5.74) is 7.72. The van der Waals surface area contributed by atoms with Gasteiger partial charge in [-0.25, -0.2) is 0 Å². The molecule has 0 saturated heterocycles. The second-order valence-corrected chi connectivity index (χ2v) is 6.23. The van der Waals surface area contributed by atoms with Gasteiger partial charge in [-0.3, -0.25) is 4.79 Å². The number of benzene rings is 3. The zero-order valence-electron chi connectivity index (χ0n) is 14.4. The van der Waals surface area contributed by atoms with Crippen LogP contribution in [0.2, 0.25) is 0 Å². The van der Waals surface area contributed by atoms with Crippen molar-refractivity contribution in [3.05, 3.63) is 101 Å². The molecule has 24 heavy (non-hydrogen) atoms. The van der Waals surface area contributed by atoms with Crippen LogP contribution in [-0.4, -0.2) is 5.78 Å². The Morgan fingerprint density at radius 2 is 1.42 bits per heavy atom. The van der Waals surface area contributed by atoms with Crippen LogP contribution in [0.1, 0.15) is 38.2 Å². The van der Waals surface area contributed by atoms with Crippen molar-refractivity contribution in [2.75, 3.05) is 0 Å². The predicted octanol–water partition coefficient (Wildman–Crippen LogP) is 5.69. The van der Waals surface area contributed by atoms with Crippen LogP contribution in [0.4, 0.5) is 0 Å². The first kappa shape index (κ1) is 16.2. The van der Waals surface area contributed by atoms with Crippen LogP contribution in [0.3, 0.4) is 0 Å². The largest absolute Gasteiger partial charge is 0.289 e. The molecule has 3 aromatic carbocycles. The second kappa shape index (κ2) is 6.45. The van der Waals surface area contributed by atoms with E-state index in [0.717, 1.165) is 38.9 Å². The lowest BCUT2D eigenvalue weighted by Gasteiger charge is -2.18. The van der Waals surface area contributed by atoms with E-state index in [1.165, 1.54) is 0 Å². The summed E-state index contributed by atoms with van der Waals surface area (Å²) in [7, 11) is 0. The molecule has 3 rings (SSSR count). The monoisotopic (exact) mass is 313 g/mol. The molecule has 1 radical (unpaired) electrons. The average molecular weight is 313 g/mol. The molecule has 0 fully saturated rings. The SMILES string of the molecule is [CH2]c1c(C)cc(-c2ccccc2C)c(C(=O)c2ccccc2)c1C. The molecular weight excluding hydrogens is 292 g/mol. The van der Waals surface area contributed by atoms with Gasteiger partial charge in [0.2, 0.25) is 0 Å². The molecule has 0 bridgehead atoms. The fourth-order valence-electron chi connectivity index (χ4n) is 3.14. The van der Waals surface area contributed by atoms with E-state index in [0.29, 0.717) is 5.56 Å². The molecule has 0 atom stereocenters. The molecular formula is C23H21O. The molecule has 0 aliphatic carbocycles. The molecule has 1 heteroatoms. The van der Waals surface area contributed by atoms with Crippen LogP contribution in [0.5, 0.6) is 0 Å². The van der Waals surface area contributed by atoms with Crippen LogP contribution in [0.25, 0.3) is 11.1 Å². The smallest absolute Gasteiger partial charge is 0.193 e. The van der Waals surface area contributed by atoms with E-state index in [1.54, 1.807) is 0 Å². The number of carbonyl (C=O) groups is 1. The highest BCUT2D eigenvalue weighted by molar-refractivity contribution is 6.14. The van der Waals surface area contributed by atoms with Gasteiger partial charge in [0.1, 0.15) is 0 Å². The van der Waals surface area contributed by atoms with E-state index < -0.39 is 0 Å². The summed E-state index contributed by atoms with van der Waals surface area (Å²) in [6, 6.07) is 19.7. The Bertz CT molecular complexity index is 905. The molecule has 0 unspecified atom stereocenters. The number of hydrogen-bond acceptors (Lipinski definition) is 1. The molecule has 0 aliphatic rings. The first-order valence-corrected chi connectivity index (χ1v) is 8.12.